The number of carbonyl (C=O) groups is 3. The molecule has 0 bridgehead atoms. The van der Waals surface area contributed by atoms with E-state index in [1.807, 2.05) is 6.07 Å². The molecule has 0 N–H and O–H groups in total. The normalized spacial score (nSPS) is 18.5. The van der Waals surface area contributed by atoms with Gasteiger partial charge in [-0.2, -0.15) is 0 Å². The second-order valence-corrected chi connectivity index (χ2v) is 9.19. The summed E-state index contributed by atoms with van der Waals surface area (Å²) in [5.74, 6) is -1.00. The van der Waals surface area contributed by atoms with Crippen molar-refractivity contribution >= 4 is 35.0 Å². The molecule has 0 aromatic heterocycles. The van der Waals surface area contributed by atoms with Gasteiger partial charge in [0.25, 0.3) is 17.7 Å². The van der Waals surface area contributed by atoms with Crippen molar-refractivity contribution < 1.29 is 14.4 Å². The molecule has 172 valence electrons. The standard InChI is InChI=1S/C28H25ClN2O3/c29-23-17-9-10-18-24(23)31(26(32)19-11-3-1-4-12-19)25-21-15-7-8-16-22(21)27(33)30(28(25)34)20-13-5-2-6-14-20/h1,3-4,7-12,15-18,20,25H,2,5-6,13-14H2. The van der Waals surface area contributed by atoms with Crippen LogP contribution in [0.2, 0.25) is 5.02 Å². The van der Waals surface area contributed by atoms with Gasteiger partial charge in [-0.25, -0.2) is 0 Å². The molecule has 0 radical (unpaired) electrons. The van der Waals surface area contributed by atoms with E-state index >= 15 is 0 Å². The Morgan fingerprint density at radius 1 is 0.824 bits per heavy atom. The van der Waals surface area contributed by atoms with Gasteiger partial charge in [-0.3, -0.25) is 24.2 Å². The van der Waals surface area contributed by atoms with E-state index in [0.717, 1.165) is 32.1 Å². The first-order valence-corrected chi connectivity index (χ1v) is 12.0. The summed E-state index contributed by atoms with van der Waals surface area (Å²) in [5.41, 5.74) is 1.85. The number of amides is 3. The van der Waals surface area contributed by atoms with Crippen molar-refractivity contribution in [1.29, 1.82) is 0 Å². The average molecular weight is 473 g/mol. The summed E-state index contributed by atoms with van der Waals surface area (Å²) in [4.78, 5) is 44.4. The maximum absolute atomic E-state index is 14.1. The van der Waals surface area contributed by atoms with E-state index in [4.69, 9.17) is 11.6 Å². The van der Waals surface area contributed by atoms with Crippen LogP contribution >= 0.6 is 11.6 Å². The van der Waals surface area contributed by atoms with Gasteiger partial charge in [0.15, 0.2) is 0 Å². The summed E-state index contributed by atoms with van der Waals surface area (Å²) < 4.78 is 0. The first-order chi connectivity index (χ1) is 16.6. The van der Waals surface area contributed by atoms with Crippen molar-refractivity contribution in [3.8, 4) is 0 Å². The molecule has 1 atom stereocenters. The summed E-state index contributed by atoms with van der Waals surface area (Å²) in [7, 11) is 0. The maximum atomic E-state index is 14.1. The van der Waals surface area contributed by atoms with Gasteiger partial charge < -0.3 is 0 Å². The second-order valence-electron chi connectivity index (χ2n) is 8.79. The molecule has 1 saturated carbocycles. The minimum Gasteiger partial charge on any atom is -0.290 e. The molecule has 6 heteroatoms. The summed E-state index contributed by atoms with van der Waals surface area (Å²) >= 11 is 6.57. The minimum atomic E-state index is -0.997. The summed E-state index contributed by atoms with van der Waals surface area (Å²) in [6, 6.07) is 21.8. The highest BCUT2D eigenvalue weighted by molar-refractivity contribution is 6.34. The monoisotopic (exact) mass is 472 g/mol. The van der Waals surface area contributed by atoms with Gasteiger partial charge >= 0.3 is 0 Å². The summed E-state index contributed by atoms with van der Waals surface area (Å²) in [6.45, 7) is 0. The second kappa shape index (κ2) is 9.43. The highest BCUT2D eigenvalue weighted by Gasteiger charge is 2.46. The number of carbonyl (C=O) groups excluding carboxylic acids is 3. The number of fused-ring (bicyclic) bond motifs is 1. The molecule has 0 saturated heterocycles. The fraction of sp³-hybridized carbons (Fsp3) is 0.250. The third-order valence-electron chi connectivity index (χ3n) is 6.73. The van der Waals surface area contributed by atoms with E-state index in [1.165, 1.54) is 9.80 Å². The highest BCUT2D eigenvalue weighted by Crippen LogP contribution is 2.40. The number of hydrogen-bond acceptors (Lipinski definition) is 3. The number of rotatable bonds is 4. The van der Waals surface area contributed by atoms with Gasteiger partial charge in [-0.15, -0.1) is 0 Å². The predicted molar refractivity (Wildman–Crippen MR) is 132 cm³/mol. The van der Waals surface area contributed by atoms with Crippen LogP contribution in [0.25, 0.3) is 0 Å². The number of hydrogen-bond donors (Lipinski definition) is 0. The fourth-order valence-corrected chi connectivity index (χ4v) is 5.32. The average Bonchev–Trinajstić information content (AvgIpc) is 2.88. The fourth-order valence-electron chi connectivity index (χ4n) is 5.09. The van der Waals surface area contributed by atoms with E-state index in [1.54, 1.807) is 72.8 Å². The van der Waals surface area contributed by atoms with Gasteiger partial charge in [0.2, 0.25) is 0 Å². The molecule has 3 aromatic rings. The van der Waals surface area contributed by atoms with Crippen molar-refractivity contribution in [3.05, 3.63) is 101 Å². The topological polar surface area (TPSA) is 57.7 Å². The molecule has 3 amide bonds. The van der Waals surface area contributed by atoms with Crippen LogP contribution in [-0.2, 0) is 4.79 Å². The number of anilines is 1. The van der Waals surface area contributed by atoms with Crippen molar-refractivity contribution in [2.24, 2.45) is 0 Å². The van der Waals surface area contributed by atoms with Crippen LogP contribution in [0.1, 0.15) is 64.4 Å². The van der Waals surface area contributed by atoms with Gasteiger partial charge in [0.05, 0.1) is 10.7 Å². The molecular formula is C28H25ClN2O3. The van der Waals surface area contributed by atoms with Crippen LogP contribution < -0.4 is 4.90 Å². The van der Waals surface area contributed by atoms with Crippen LogP contribution in [0.15, 0.2) is 78.9 Å². The number of nitrogens with zero attached hydrogens (tertiary/aromatic N) is 2. The van der Waals surface area contributed by atoms with E-state index in [2.05, 4.69) is 0 Å². The first-order valence-electron chi connectivity index (χ1n) is 11.7. The van der Waals surface area contributed by atoms with Gasteiger partial charge in [-0.1, -0.05) is 79.4 Å². The number of benzene rings is 3. The molecule has 1 unspecified atom stereocenters. The maximum Gasteiger partial charge on any atom is 0.261 e. The van der Waals surface area contributed by atoms with E-state index in [0.29, 0.717) is 27.4 Å². The predicted octanol–water partition coefficient (Wildman–Crippen LogP) is 6.04. The number of para-hydroxylation sites is 1. The molecule has 1 aliphatic carbocycles. The van der Waals surface area contributed by atoms with Crippen molar-refractivity contribution in [1.82, 2.24) is 4.90 Å². The Balaban J connectivity index is 1.69. The molecule has 1 heterocycles. The molecule has 3 aromatic carbocycles. The molecule has 1 aliphatic heterocycles. The van der Waals surface area contributed by atoms with Crippen molar-refractivity contribution in [3.63, 3.8) is 0 Å². The van der Waals surface area contributed by atoms with E-state index in [9.17, 15) is 14.4 Å². The lowest BCUT2D eigenvalue weighted by Gasteiger charge is -2.42. The van der Waals surface area contributed by atoms with Crippen LogP contribution in [-0.4, -0.2) is 28.7 Å². The molecular weight excluding hydrogens is 448 g/mol. The van der Waals surface area contributed by atoms with Gasteiger partial charge in [0.1, 0.15) is 6.04 Å². The number of halogens is 1. The number of imide groups is 1. The zero-order valence-corrected chi connectivity index (χ0v) is 19.4. The lowest BCUT2D eigenvalue weighted by Crippen LogP contribution is -2.55. The third kappa shape index (κ3) is 3.90. The van der Waals surface area contributed by atoms with E-state index in [-0.39, 0.29) is 23.8 Å². The van der Waals surface area contributed by atoms with Crippen LogP contribution in [0.4, 0.5) is 5.69 Å². The molecule has 2 aliphatic rings. The summed E-state index contributed by atoms with van der Waals surface area (Å²) in [6.07, 6.45) is 4.62. The van der Waals surface area contributed by atoms with Crippen LogP contribution in [0, 0.1) is 0 Å². The molecule has 5 rings (SSSR count). The summed E-state index contributed by atoms with van der Waals surface area (Å²) in [5, 5.41) is 0.359. The van der Waals surface area contributed by atoms with Crippen LogP contribution in [0.5, 0.6) is 0 Å². The Bertz CT molecular complexity index is 1240. The third-order valence-corrected chi connectivity index (χ3v) is 7.05. The largest absolute Gasteiger partial charge is 0.290 e. The lowest BCUT2D eigenvalue weighted by molar-refractivity contribution is -0.133. The highest BCUT2D eigenvalue weighted by atomic mass is 35.5. The smallest absolute Gasteiger partial charge is 0.261 e. The molecule has 5 nitrogen and oxygen atoms in total. The zero-order chi connectivity index (χ0) is 23.7. The van der Waals surface area contributed by atoms with Crippen LogP contribution in [0.3, 0.4) is 0 Å². The first kappa shape index (κ1) is 22.4. The Morgan fingerprint density at radius 3 is 2.21 bits per heavy atom. The Kier molecular flexibility index (Phi) is 6.20. The Labute approximate surface area is 203 Å². The Hall–Kier alpha value is -3.44. The minimum absolute atomic E-state index is 0.162. The van der Waals surface area contributed by atoms with Crippen molar-refractivity contribution in [2.75, 3.05) is 4.90 Å². The Morgan fingerprint density at radius 2 is 1.47 bits per heavy atom. The molecule has 34 heavy (non-hydrogen) atoms. The van der Waals surface area contributed by atoms with Crippen molar-refractivity contribution in [2.45, 2.75) is 44.2 Å². The van der Waals surface area contributed by atoms with E-state index < -0.39 is 6.04 Å². The molecule has 1 fully saturated rings. The zero-order valence-electron chi connectivity index (χ0n) is 18.7. The van der Waals surface area contributed by atoms with Gasteiger partial charge in [-0.05, 0) is 48.7 Å². The quantitative estimate of drug-likeness (QED) is 0.435. The van der Waals surface area contributed by atoms with Gasteiger partial charge in [0, 0.05) is 17.2 Å². The molecule has 0 spiro atoms. The SMILES string of the molecule is O=C1c2ccccc2C(N(C(=O)c2ccccc2)c2ccccc2Cl)C(=O)N1C1CCCCC1. The lowest BCUT2D eigenvalue weighted by atomic mass is 9.87.